The molecule has 0 spiro atoms. The lowest BCUT2D eigenvalue weighted by molar-refractivity contribution is 0.0947. The van der Waals surface area contributed by atoms with Gasteiger partial charge in [-0.1, -0.05) is 64.8 Å². The maximum atomic E-state index is 13.3. The highest BCUT2D eigenvalue weighted by molar-refractivity contribution is 6.35. The zero-order valence-corrected chi connectivity index (χ0v) is 22.3. The second kappa shape index (κ2) is 11.8. The predicted octanol–water partition coefficient (Wildman–Crippen LogP) is 4.56. The molecule has 14 heteroatoms. The number of aromatic nitrogens is 5. The van der Waals surface area contributed by atoms with Crippen LogP contribution in [0.3, 0.4) is 0 Å². The Morgan fingerprint density at radius 2 is 1.93 bits per heavy atom. The second-order valence-corrected chi connectivity index (χ2v) is 9.02. The van der Waals surface area contributed by atoms with Crippen molar-refractivity contribution in [2.45, 2.75) is 6.61 Å². The van der Waals surface area contributed by atoms with Gasteiger partial charge in [-0.25, -0.2) is 10.1 Å². The number of hydrazone groups is 1. The van der Waals surface area contributed by atoms with Crippen molar-refractivity contribution < 1.29 is 18.9 Å². The van der Waals surface area contributed by atoms with Gasteiger partial charge in [0.25, 0.3) is 5.91 Å². The van der Waals surface area contributed by atoms with E-state index in [1.807, 2.05) is 18.2 Å². The van der Waals surface area contributed by atoms with Crippen molar-refractivity contribution in [2.24, 2.45) is 5.10 Å². The summed E-state index contributed by atoms with van der Waals surface area (Å²) in [7, 11) is 1.52. The quantitative estimate of drug-likeness (QED) is 0.189. The third kappa shape index (κ3) is 5.72. The number of carbonyl (C=O) groups is 1. The monoisotopic (exact) mass is 578 g/mol. The number of carbonyl (C=O) groups excluding carboxylic acids is 1. The molecule has 2 aromatic heterocycles. The average molecular weight is 579 g/mol. The van der Waals surface area contributed by atoms with Gasteiger partial charge in [0.15, 0.2) is 17.2 Å². The first-order valence-electron chi connectivity index (χ1n) is 11.6. The molecule has 0 aliphatic carbocycles. The largest absolute Gasteiger partial charge is 0.493 e. The molecule has 12 nitrogen and oxygen atoms in total. The van der Waals surface area contributed by atoms with E-state index in [0.29, 0.717) is 38.4 Å². The van der Waals surface area contributed by atoms with E-state index in [1.165, 1.54) is 13.3 Å². The van der Waals surface area contributed by atoms with Crippen LogP contribution in [0.15, 0.2) is 76.5 Å². The van der Waals surface area contributed by atoms with Crippen molar-refractivity contribution in [3.63, 3.8) is 0 Å². The van der Waals surface area contributed by atoms with Crippen molar-refractivity contribution >= 4 is 41.1 Å². The molecule has 0 saturated heterocycles. The Balaban J connectivity index is 1.34. The molecule has 0 radical (unpaired) electrons. The summed E-state index contributed by atoms with van der Waals surface area (Å²) in [5.41, 5.74) is 10.7. The first-order valence-corrected chi connectivity index (χ1v) is 12.4. The van der Waals surface area contributed by atoms with Gasteiger partial charge in [0.1, 0.15) is 12.3 Å². The second-order valence-electron chi connectivity index (χ2n) is 8.17. The maximum absolute atomic E-state index is 13.3. The summed E-state index contributed by atoms with van der Waals surface area (Å²) in [5.74, 6) is 0.298. The lowest BCUT2D eigenvalue weighted by atomic mass is 10.1. The highest BCUT2D eigenvalue weighted by Gasteiger charge is 2.25. The fraction of sp³-hybridized carbons (Fsp3) is 0.0769. The number of halogens is 2. The van der Waals surface area contributed by atoms with E-state index in [2.05, 4.69) is 35.8 Å². The number of ether oxygens (including phenoxy) is 2. The van der Waals surface area contributed by atoms with E-state index in [-0.39, 0.29) is 23.9 Å². The zero-order chi connectivity index (χ0) is 28.1. The van der Waals surface area contributed by atoms with Crippen LogP contribution in [0.25, 0.3) is 17.1 Å². The van der Waals surface area contributed by atoms with Gasteiger partial charge in [0.05, 0.1) is 13.3 Å². The molecule has 2 heterocycles. The molecule has 202 valence electrons. The minimum absolute atomic E-state index is 0.0176. The van der Waals surface area contributed by atoms with Crippen LogP contribution in [-0.4, -0.2) is 44.5 Å². The Labute approximate surface area is 237 Å². The standard InChI is InChI=1S/C26H20Cl2N8O4/c1-38-21-11-15(7-10-20(21)39-14-17-8-9-18(27)12-19(17)28)13-30-32-26(37)23-22(16-5-3-2-4-6-16)31-35-36(23)25-24(29)33-40-34-25/h2-13H,14H2,1H3,(H2,29,33)(H,32,37)/b30-13+. The lowest BCUT2D eigenvalue weighted by Crippen LogP contribution is -2.22. The van der Waals surface area contributed by atoms with Gasteiger partial charge in [-0.2, -0.15) is 9.78 Å². The van der Waals surface area contributed by atoms with Gasteiger partial charge in [-0.05, 0) is 46.2 Å². The molecule has 0 bridgehead atoms. The van der Waals surface area contributed by atoms with Crippen molar-refractivity contribution in [3.8, 4) is 28.6 Å². The number of nitrogens with zero attached hydrogens (tertiary/aromatic N) is 6. The van der Waals surface area contributed by atoms with Crippen LogP contribution in [-0.2, 0) is 6.61 Å². The normalized spacial score (nSPS) is 11.1. The van der Waals surface area contributed by atoms with Gasteiger partial charge in [-0.15, -0.1) is 5.10 Å². The molecule has 0 unspecified atom stereocenters. The molecule has 5 rings (SSSR count). The highest BCUT2D eigenvalue weighted by Crippen LogP contribution is 2.30. The molecule has 0 saturated carbocycles. The number of nitrogen functional groups attached to an aromatic ring is 1. The summed E-state index contributed by atoms with van der Waals surface area (Å²) >= 11 is 12.2. The average Bonchev–Trinajstić information content (AvgIpc) is 3.59. The van der Waals surface area contributed by atoms with Crippen LogP contribution < -0.4 is 20.6 Å². The third-order valence-corrected chi connectivity index (χ3v) is 6.18. The first-order chi connectivity index (χ1) is 19.4. The number of amides is 1. The van der Waals surface area contributed by atoms with Crippen LogP contribution in [0.2, 0.25) is 10.0 Å². The minimum Gasteiger partial charge on any atom is -0.493 e. The Morgan fingerprint density at radius 1 is 1.10 bits per heavy atom. The molecule has 0 aliphatic heterocycles. The number of hydrogen-bond donors (Lipinski definition) is 2. The fourth-order valence-corrected chi connectivity index (χ4v) is 4.12. The van der Waals surface area contributed by atoms with Gasteiger partial charge >= 0.3 is 0 Å². The van der Waals surface area contributed by atoms with Crippen molar-refractivity contribution in [1.82, 2.24) is 30.7 Å². The molecule has 3 N–H and O–H groups in total. The van der Waals surface area contributed by atoms with Crippen molar-refractivity contribution in [1.29, 1.82) is 0 Å². The smallest absolute Gasteiger partial charge is 0.292 e. The number of nitrogens with one attached hydrogen (secondary N) is 1. The number of benzene rings is 3. The molecule has 1 amide bonds. The Hall–Kier alpha value is -4.94. The van der Waals surface area contributed by atoms with E-state index >= 15 is 0 Å². The number of methoxy groups -OCH3 is 1. The molecule has 40 heavy (non-hydrogen) atoms. The third-order valence-electron chi connectivity index (χ3n) is 5.59. The summed E-state index contributed by atoms with van der Waals surface area (Å²) < 4.78 is 17.1. The van der Waals surface area contributed by atoms with Gasteiger partial charge in [-0.3, -0.25) is 4.79 Å². The van der Waals surface area contributed by atoms with Crippen LogP contribution in [0.5, 0.6) is 11.5 Å². The summed E-state index contributed by atoms with van der Waals surface area (Å²) in [5, 5.41) is 20.6. The lowest BCUT2D eigenvalue weighted by Gasteiger charge is -2.12. The molecule has 3 aromatic carbocycles. The summed E-state index contributed by atoms with van der Waals surface area (Å²) in [6.45, 7) is 0.215. The number of nitrogens with two attached hydrogens (primary N) is 1. The summed E-state index contributed by atoms with van der Waals surface area (Å²) in [4.78, 5) is 13.3. The summed E-state index contributed by atoms with van der Waals surface area (Å²) in [6.07, 6.45) is 1.45. The van der Waals surface area contributed by atoms with Crippen LogP contribution >= 0.6 is 23.2 Å². The van der Waals surface area contributed by atoms with Crippen LogP contribution in [0.1, 0.15) is 21.6 Å². The minimum atomic E-state index is -0.616. The molecule has 0 fully saturated rings. The van der Waals surface area contributed by atoms with Crippen LogP contribution in [0, 0.1) is 0 Å². The Bertz CT molecular complexity index is 1690. The first kappa shape index (κ1) is 26.7. The number of anilines is 1. The van der Waals surface area contributed by atoms with E-state index in [0.717, 1.165) is 10.2 Å². The van der Waals surface area contributed by atoms with Gasteiger partial charge in [0, 0.05) is 21.2 Å². The highest BCUT2D eigenvalue weighted by atomic mass is 35.5. The number of rotatable bonds is 9. The van der Waals surface area contributed by atoms with Gasteiger partial charge < -0.3 is 15.2 Å². The van der Waals surface area contributed by atoms with E-state index in [1.54, 1.807) is 48.5 Å². The van der Waals surface area contributed by atoms with Crippen LogP contribution in [0.4, 0.5) is 5.82 Å². The molecule has 0 atom stereocenters. The molecule has 0 aliphatic rings. The van der Waals surface area contributed by atoms with Crippen molar-refractivity contribution in [3.05, 3.63) is 93.6 Å². The SMILES string of the molecule is COc1cc(/C=N/NC(=O)c2c(-c3ccccc3)nnn2-c2nonc2N)ccc1OCc1ccc(Cl)cc1Cl. The fourth-order valence-electron chi connectivity index (χ4n) is 3.66. The molecule has 5 aromatic rings. The maximum Gasteiger partial charge on any atom is 0.292 e. The topological polar surface area (TPSA) is 156 Å². The molecular weight excluding hydrogens is 559 g/mol. The summed E-state index contributed by atoms with van der Waals surface area (Å²) in [6, 6.07) is 19.4. The van der Waals surface area contributed by atoms with Gasteiger partial charge in [0.2, 0.25) is 11.6 Å². The number of hydrogen-bond acceptors (Lipinski definition) is 10. The Kier molecular flexibility index (Phi) is 7.89. The van der Waals surface area contributed by atoms with E-state index in [4.69, 9.17) is 38.4 Å². The molecular formula is C26H20Cl2N8O4. The Morgan fingerprint density at radius 3 is 2.65 bits per heavy atom. The predicted molar refractivity (Wildman–Crippen MR) is 148 cm³/mol. The van der Waals surface area contributed by atoms with Crippen molar-refractivity contribution in [2.75, 3.05) is 12.8 Å². The zero-order valence-electron chi connectivity index (χ0n) is 20.8. The van der Waals surface area contributed by atoms with E-state index in [9.17, 15) is 4.79 Å². The van der Waals surface area contributed by atoms with E-state index < -0.39 is 5.91 Å².